The minimum Gasteiger partial charge on any atom is -0.385 e. The van der Waals surface area contributed by atoms with Crippen molar-refractivity contribution in [2.45, 2.75) is 17.7 Å². The summed E-state index contributed by atoms with van der Waals surface area (Å²) in [6.07, 6.45) is 5.67. The van der Waals surface area contributed by atoms with Crippen LogP contribution >= 0.6 is 24.2 Å². The summed E-state index contributed by atoms with van der Waals surface area (Å²) < 4.78 is 0. The molecule has 0 spiro atoms. The smallest absolute Gasteiger partial charge is 0.234 e. The van der Waals surface area contributed by atoms with Crippen LogP contribution in [0, 0.1) is 0 Å². The number of nitrogens with zero attached hydrogens (tertiary/aromatic N) is 1. The number of rotatable bonds is 4. The minimum atomic E-state index is 0. The molecule has 0 fully saturated rings. The van der Waals surface area contributed by atoms with Gasteiger partial charge in [0.05, 0.1) is 5.75 Å². The Morgan fingerprint density at radius 3 is 2.91 bits per heavy atom. The van der Waals surface area contributed by atoms with E-state index in [0.717, 1.165) is 30.0 Å². The average Bonchev–Trinajstić information content (AvgIpc) is 2.54. The number of benzene rings is 1. The van der Waals surface area contributed by atoms with Gasteiger partial charge >= 0.3 is 0 Å². The van der Waals surface area contributed by atoms with E-state index in [1.807, 2.05) is 24.3 Å². The van der Waals surface area contributed by atoms with E-state index in [9.17, 15) is 4.79 Å². The van der Waals surface area contributed by atoms with Crippen LogP contribution in [0.5, 0.6) is 0 Å². The van der Waals surface area contributed by atoms with Gasteiger partial charge < -0.3 is 10.6 Å². The first-order valence-corrected chi connectivity index (χ1v) is 7.99. The van der Waals surface area contributed by atoms with E-state index in [-0.39, 0.29) is 18.3 Å². The van der Waals surface area contributed by atoms with Crippen LogP contribution in [0.3, 0.4) is 0 Å². The van der Waals surface area contributed by atoms with Crippen LogP contribution in [-0.2, 0) is 11.2 Å². The topological polar surface area (TPSA) is 54.0 Å². The molecule has 0 saturated carbocycles. The fourth-order valence-corrected chi connectivity index (χ4v) is 3.02. The Labute approximate surface area is 140 Å². The molecular weight excluding hydrogens is 318 g/mol. The Hall–Kier alpha value is -1.72. The lowest BCUT2D eigenvalue weighted by molar-refractivity contribution is -0.113. The van der Waals surface area contributed by atoms with Gasteiger partial charge in [0.15, 0.2) is 0 Å². The van der Waals surface area contributed by atoms with Crippen molar-refractivity contribution in [3.8, 4) is 0 Å². The molecule has 0 atom stereocenters. The first kappa shape index (κ1) is 16.6. The zero-order valence-electron chi connectivity index (χ0n) is 12.0. The van der Waals surface area contributed by atoms with Crippen LogP contribution < -0.4 is 10.6 Å². The molecule has 0 radical (unpaired) electrons. The molecule has 2 N–H and O–H groups in total. The van der Waals surface area contributed by atoms with E-state index in [4.69, 9.17) is 0 Å². The molecule has 0 saturated heterocycles. The summed E-state index contributed by atoms with van der Waals surface area (Å²) in [6.45, 7) is 1.03. The third-order valence-corrected chi connectivity index (χ3v) is 4.36. The van der Waals surface area contributed by atoms with E-state index in [2.05, 4.69) is 21.7 Å². The lowest BCUT2D eigenvalue weighted by Crippen LogP contribution is -2.16. The van der Waals surface area contributed by atoms with Gasteiger partial charge in [0.25, 0.3) is 0 Å². The van der Waals surface area contributed by atoms with Crippen molar-refractivity contribution in [1.29, 1.82) is 0 Å². The summed E-state index contributed by atoms with van der Waals surface area (Å²) in [7, 11) is 0. The average molecular weight is 336 g/mol. The molecule has 2 aromatic rings. The Morgan fingerprint density at radius 2 is 2.09 bits per heavy atom. The van der Waals surface area contributed by atoms with Crippen molar-refractivity contribution in [3.63, 3.8) is 0 Å². The number of amides is 1. The summed E-state index contributed by atoms with van der Waals surface area (Å²) in [5.41, 5.74) is 3.34. The molecule has 1 aromatic carbocycles. The van der Waals surface area contributed by atoms with E-state index < -0.39 is 0 Å². The van der Waals surface area contributed by atoms with Crippen LogP contribution in [0.1, 0.15) is 12.0 Å². The van der Waals surface area contributed by atoms with Crippen molar-refractivity contribution in [2.24, 2.45) is 0 Å². The molecule has 0 aliphatic carbocycles. The maximum Gasteiger partial charge on any atom is 0.234 e. The zero-order valence-corrected chi connectivity index (χ0v) is 13.7. The first-order chi connectivity index (χ1) is 10.3. The van der Waals surface area contributed by atoms with Crippen LogP contribution in [0.25, 0.3) is 0 Å². The van der Waals surface area contributed by atoms with E-state index in [1.54, 1.807) is 12.4 Å². The van der Waals surface area contributed by atoms with Gasteiger partial charge in [-0.15, -0.1) is 24.2 Å². The summed E-state index contributed by atoms with van der Waals surface area (Å²) in [6, 6.07) is 9.87. The quantitative estimate of drug-likeness (QED) is 0.838. The van der Waals surface area contributed by atoms with Gasteiger partial charge in [0.2, 0.25) is 5.91 Å². The van der Waals surface area contributed by atoms with Gasteiger partial charge in [-0.05, 0) is 48.7 Å². The third kappa shape index (κ3) is 4.39. The van der Waals surface area contributed by atoms with Gasteiger partial charge in [-0.3, -0.25) is 9.78 Å². The number of anilines is 2. The predicted molar refractivity (Wildman–Crippen MR) is 94.1 cm³/mol. The molecule has 6 heteroatoms. The molecule has 3 rings (SSSR count). The third-order valence-electron chi connectivity index (χ3n) is 3.35. The van der Waals surface area contributed by atoms with Crippen LogP contribution in [0.15, 0.2) is 47.6 Å². The van der Waals surface area contributed by atoms with Crippen LogP contribution in [0.4, 0.5) is 11.4 Å². The highest BCUT2D eigenvalue weighted by atomic mass is 35.5. The Bertz CT molecular complexity index is 637. The molecule has 2 heterocycles. The number of hydrogen-bond donors (Lipinski definition) is 2. The second-order valence-corrected chi connectivity index (χ2v) is 5.97. The number of carbonyl (C=O) groups is 1. The summed E-state index contributed by atoms with van der Waals surface area (Å²) in [5, 5.41) is 6.33. The number of pyridine rings is 1. The monoisotopic (exact) mass is 335 g/mol. The fourth-order valence-electron chi connectivity index (χ4n) is 2.33. The highest BCUT2D eigenvalue weighted by Crippen LogP contribution is 2.25. The van der Waals surface area contributed by atoms with Gasteiger partial charge in [0.1, 0.15) is 0 Å². The molecule has 1 aromatic heterocycles. The first-order valence-electron chi connectivity index (χ1n) is 7.01. The Kier molecular flexibility index (Phi) is 6.10. The Balaban J connectivity index is 0.00000176. The molecule has 22 heavy (non-hydrogen) atoms. The van der Waals surface area contributed by atoms with E-state index in [0.29, 0.717) is 5.75 Å². The number of carbonyl (C=O) groups excluding carboxylic acids is 1. The number of aryl methyl sites for hydroxylation is 1. The molecule has 0 unspecified atom stereocenters. The molecular formula is C16H18ClN3OS. The maximum absolute atomic E-state index is 12.0. The molecule has 116 valence electrons. The summed E-state index contributed by atoms with van der Waals surface area (Å²) >= 11 is 1.51. The number of fused-ring (bicyclic) bond motifs is 1. The maximum atomic E-state index is 12.0. The predicted octanol–water partition coefficient (Wildman–Crippen LogP) is 3.59. The normalized spacial score (nSPS) is 12.5. The van der Waals surface area contributed by atoms with Crippen molar-refractivity contribution in [1.82, 2.24) is 4.98 Å². The van der Waals surface area contributed by atoms with Crippen molar-refractivity contribution in [3.05, 3.63) is 48.3 Å². The fraction of sp³-hybridized carbons (Fsp3) is 0.250. The van der Waals surface area contributed by atoms with Gasteiger partial charge in [-0.1, -0.05) is 0 Å². The van der Waals surface area contributed by atoms with Crippen LogP contribution in [0.2, 0.25) is 0 Å². The molecule has 4 nitrogen and oxygen atoms in total. The Morgan fingerprint density at radius 1 is 1.27 bits per heavy atom. The van der Waals surface area contributed by atoms with Gasteiger partial charge in [0, 0.05) is 35.2 Å². The second kappa shape index (κ2) is 8.06. The number of nitrogens with one attached hydrogen (secondary N) is 2. The SMILES string of the molecule is Cl.O=C(CSc1ccncc1)Nc1ccc2c(c1)CCCN2. The highest BCUT2D eigenvalue weighted by Gasteiger charge is 2.10. The van der Waals surface area contributed by atoms with Crippen LogP contribution in [-0.4, -0.2) is 23.2 Å². The van der Waals surface area contributed by atoms with Gasteiger partial charge in [-0.25, -0.2) is 0 Å². The molecule has 1 amide bonds. The standard InChI is InChI=1S/C16H17N3OS.ClH/c20-16(11-21-14-5-8-17-9-6-14)19-13-3-4-15-12(10-13)2-1-7-18-15;/h3-6,8-10,18H,1-2,7,11H2,(H,19,20);1H. The van der Waals surface area contributed by atoms with Crippen molar-refractivity contribution >= 4 is 41.5 Å². The number of aromatic nitrogens is 1. The van der Waals surface area contributed by atoms with Crippen molar-refractivity contribution in [2.75, 3.05) is 22.9 Å². The second-order valence-electron chi connectivity index (χ2n) is 4.92. The van der Waals surface area contributed by atoms with Gasteiger partial charge in [-0.2, -0.15) is 0 Å². The van der Waals surface area contributed by atoms with E-state index in [1.165, 1.54) is 23.0 Å². The zero-order chi connectivity index (χ0) is 14.5. The highest BCUT2D eigenvalue weighted by molar-refractivity contribution is 8.00. The number of halogens is 1. The minimum absolute atomic E-state index is 0. The van der Waals surface area contributed by atoms with E-state index >= 15 is 0 Å². The summed E-state index contributed by atoms with van der Waals surface area (Å²) in [4.78, 5) is 17.0. The lowest BCUT2D eigenvalue weighted by atomic mass is 10.0. The summed E-state index contributed by atoms with van der Waals surface area (Å²) in [5.74, 6) is 0.417. The molecule has 1 aliphatic heterocycles. The number of hydrogen-bond acceptors (Lipinski definition) is 4. The van der Waals surface area contributed by atoms with Crippen molar-refractivity contribution < 1.29 is 4.79 Å². The largest absolute Gasteiger partial charge is 0.385 e. The lowest BCUT2D eigenvalue weighted by Gasteiger charge is -2.18. The molecule has 1 aliphatic rings. The molecule has 0 bridgehead atoms. The number of thioether (sulfide) groups is 1.